The number of nitrogens with one attached hydrogen (secondary N) is 2. The van der Waals surface area contributed by atoms with Gasteiger partial charge in [-0.3, -0.25) is 4.79 Å². The lowest BCUT2D eigenvalue weighted by molar-refractivity contribution is -0.122. The monoisotopic (exact) mass is 262 g/mol. The lowest BCUT2D eigenvalue weighted by Gasteiger charge is -2.21. The molecule has 0 saturated carbocycles. The highest BCUT2D eigenvalue weighted by Crippen LogP contribution is 2.06. The van der Waals surface area contributed by atoms with Gasteiger partial charge in [0.2, 0.25) is 5.91 Å². The van der Waals surface area contributed by atoms with Crippen molar-refractivity contribution in [1.82, 2.24) is 10.6 Å². The molecule has 0 fully saturated rings. The van der Waals surface area contributed by atoms with E-state index < -0.39 is 17.7 Å². The summed E-state index contributed by atoms with van der Waals surface area (Å²) in [6.07, 6.45) is 1.39. The maximum atomic E-state index is 11.5. The summed E-state index contributed by atoms with van der Waals surface area (Å²) >= 11 is 1.65. The Labute approximate surface area is 107 Å². The van der Waals surface area contributed by atoms with E-state index in [0.717, 1.165) is 5.75 Å². The van der Waals surface area contributed by atoms with Crippen molar-refractivity contribution in [2.75, 3.05) is 18.6 Å². The largest absolute Gasteiger partial charge is 0.444 e. The molecule has 0 radical (unpaired) electrons. The molecular weight excluding hydrogens is 240 g/mol. The minimum atomic E-state index is -0.591. The molecule has 6 heteroatoms. The topological polar surface area (TPSA) is 67.4 Å². The molecule has 100 valence electrons. The summed E-state index contributed by atoms with van der Waals surface area (Å²) in [6, 6.07) is -0.591. The normalized spacial score (nSPS) is 12.8. The zero-order valence-corrected chi connectivity index (χ0v) is 11.9. The number of hydrogen-bond acceptors (Lipinski definition) is 4. The number of alkyl carbamates (subject to hydrolysis) is 1. The van der Waals surface area contributed by atoms with Gasteiger partial charge in [-0.25, -0.2) is 4.79 Å². The van der Waals surface area contributed by atoms with Crippen molar-refractivity contribution in [2.24, 2.45) is 0 Å². The van der Waals surface area contributed by atoms with E-state index in [4.69, 9.17) is 4.74 Å². The first kappa shape index (κ1) is 16.1. The fraction of sp³-hybridized carbons (Fsp3) is 0.818. The zero-order chi connectivity index (χ0) is 13.5. The molecule has 1 atom stereocenters. The van der Waals surface area contributed by atoms with Gasteiger partial charge in [-0.1, -0.05) is 0 Å². The molecule has 2 N–H and O–H groups in total. The maximum absolute atomic E-state index is 11.5. The van der Waals surface area contributed by atoms with Crippen LogP contribution in [0.5, 0.6) is 0 Å². The highest BCUT2D eigenvalue weighted by molar-refractivity contribution is 7.98. The molecule has 0 aromatic rings. The van der Waals surface area contributed by atoms with E-state index in [1.54, 1.807) is 39.5 Å². The fourth-order valence-electron chi connectivity index (χ4n) is 0.979. The molecular formula is C11H22N2O3S. The average molecular weight is 262 g/mol. The SMILES string of the molecule is CSCCNC(=O)C(C)NC(=O)OC(C)(C)C. The molecule has 2 amide bonds. The lowest BCUT2D eigenvalue weighted by Crippen LogP contribution is -2.46. The number of hydrogen-bond donors (Lipinski definition) is 2. The highest BCUT2D eigenvalue weighted by atomic mass is 32.2. The third-order valence-electron chi connectivity index (χ3n) is 1.73. The quantitative estimate of drug-likeness (QED) is 0.735. The van der Waals surface area contributed by atoms with Crippen LogP contribution in [0, 0.1) is 0 Å². The first-order chi connectivity index (χ1) is 7.76. The van der Waals surface area contributed by atoms with Crippen LogP contribution in [0.4, 0.5) is 4.79 Å². The number of thioether (sulfide) groups is 1. The van der Waals surface area contributed by atoms with Crippen molar-refractivity contribution in [3.63, 3.8) is 0 Å². The summed E-state index contributed by atoms with van der Waals surface area (Å²) in [5.41, 5.74) is -0.556. The molecule has 0 aromatic carbocycles. The molecule has 0 spiro atoms. The van der Waals surface area contributed by atoms with Crippen LogP contribution in [0.2, 0.25) is 0 Å². The van der Waals surface area contributed by atoms with Crippen LogP contribution in [0.1, 0.15) is 27.7 Å². The summed E-state index contributed by atoms with van der Waals surface area (Å²) in [4.78, 5) is 22.9. The molecule has 0 aliphatic rings. The van der Waals surface area contributed by atoms with E-state index in [0.29, 0.717) is 6.54 Å². The number of amides is 2. The molecule has 17 heavy (non-hydrogen) atoms. The van der Waals surface area contributed by atoms with Gasteiger partial charge in [0.05, 0.1) is 0 Å². The predicted molar refractivity (Wildman–Crippen MR) is 70.2 cm³/mol. The second kappa shape index (κ2) is 7.42. The number of carbonyl (C=O) groups is 2. The van der Waals surface area contributed by atoms with E-state index >= 15 is 0 Å². The van der Waals surface area contributed by atoms with Crippen LogP contribution in [0.15, 0.2) is 0 Å². The van der Waals surface area contributed by atoms with Crippen LogP contribution in [0.3, 0.4) is 0 Å². The van der Waals surface area contributed by atoms with Gasteiger partial charge in [0.1, 0.15) is 11.6 Å². The Morgan fingerprint density at radius 2 is 1.94 bits per heavy atom. The Balaban J connectivity index is 3.95. The van der Waals surface area contributed by atoms with Gasteiger partial charge in [-0.2, -0.15) is 11.8 Å². The van der Waals surface area contributed by atoms with Gasteiger partial charge in [0.15, 0.2) is 0 Å². The summed E-state index contributed by atoms with van der Waals surface area (Å²) in [7, 11) is 0. The molecule has 0 saturated heterocycles. The average Bonchev–Trinajstić information content (AvgIpc) is 2.14. The third-order valence-corrected chi connectivity index (χ3v) is 2.34. The minimum Gasteiger partial charge on any atom is -0.444 e. The van der Waals surface area contributed by atoms with Crippen LogP contribution in [-0.4, -0.2) is 42.2 Å². The van der Waals surface area contributed by atoms with Gasteiger partial charge in [0.25, 0.3) is 0 Å². The van der Waals surface area contributed by atoms with Crippen LogP contribution in [0.25, 0.3) is 0 Å². The third kappa shape index (κ3) is 8.85. The van der Waals surface area contributed by atoms with Crippen molar-refractivity contribution >= 4 is 23.8 Å². The predicted octanol–water partition coefficient (Wildman–Crippen LogP) is 1.38. The van der Waals surface area contributed by atoms with E-state index in [1.807, 2.05) is 6.26 Å². The van der Waals surface area contributed by atoms with Gasteiger partial charge in [0, 0.05) is 12.3 Å². The smallest absolute Gasteiger partial charge is 0.408 e. The summed E-state index contributed by atoms with van der Waals surface area (Å²) in [5.74, 6) is 0.648. The standard InChI is InChI=1S/C11H22N2O3S/c1-8(9(14)12-6-7-17-5)13-10(15)16-11(2,3)4/h8H,6-7H2,1-5H3,(H,12,14)(H,13,15). The fourth-order valence-corrected chi connectivity index (χ4v) is 1.29. The number of rotatable bonds is 5. The van der Waals surface area contributed by atoms with Crippen molar-refractivity contribution < 1.29 is 14.3 Å². The van der Waals surface area contributed by atoms with Crippen molar-refractivity contribution in [3.8, 4) is 0 Å². The first-order valence-electron chi connectivity index (χ1n) is 5.52. The van der Waals surface area contributed by atoms with E-state index in [1.165, 1.54) is 0 Å². The Morgan fingerprint density at radius 1 is 1.35 bits per heavy atom. The Bertz CT molecular complexity index is 264. The molecule has 0 aromatic heterocycles. The molecule has 0 rings (SSSR count). The van der Waals surface area contributed by atoms with Crippen LogP contribution in [-0.2, 0) is 9.53 Å². The van der Waals surface area contributed by atoms with E-state index in [2.05, 4.69) is 10.6 Å². The zero-order valence-electron chi connectivity index (χ0n) is 11.1. The molecule has 5 nitrogen and oxygen atoms in total. The van der Waals surface area contributed by atoms with E-state index in [9.17, 15) is 9.59 Å². The van der Waals surface area contributed by atoms with Crippen LogP contribution >= 0.6 is 11.8 Å². The Kier molecular flexibility index (Phi) is 7.03. The molecule has 0 aliphatic heterocycles. The molecule has 0 heterocycles. The minimum absolute atomic E-state index is 0.204. The van der Waals surface area contributed by atoms with Gasteiger partial charge in [-0.15, -0.1) is 0 Å². The first-order valence-corrected chi connectivity index (χ1v) is 6.92. The Morgan fingerprint density at radius 3 is 2.41 bits per heavy atom. The summed E-state index contributed by atoms with van der Waals surface area (Å²) in [5, 5.41) is 5.20. The van der Waals surface area contributed by atoms with Crippen molar-refractivity contribution in [2.45, 2.75) is 39.3 Å². The summed E-state index contributed by atoms with van der Waals surface area (Å²) < 4.78 is 5.05. The van der Waals surface area contributed by atoms with Crippen LogP contribution < -0.4 is 10.6 Å². The van der Waals surface area contributed by atoms with Gasteiger partial charge in [-0.05, 0) is 34.0 Å². The maximum Gasteiger partial charge on any atom is 0.408 e. The molecule has 0 bridgehead atoms. The number of carbonyl (C=O) groups excluding carboxylic acids is 2. The highest BCUT2D eigenvalue weighted by Gasteiger charge is 2.20. The van der Waals surface area contributed by atoms with E-state index in [-0.39, 0.29) is 5.91 Å². The second-order valence-corrected chi connectivity index (χ2v) is 5.64. The molecule has 1 unspecified atom stereocenters. The van der Waals surface area contributed by atoms with Gasteiger partial charge < -0.3 is 15.4 Å². The lowest BCUT2D eigenvalue weighted by atomic mass is 10.2. The van der Waals surface area contributed by atoms with Crippen molar-refractivity contribution in [1.29, 1.82) is 0 Å². The van der Waals surface area contributed by atoms with Crippen molar-refractivity contribution in [3.05, 3.63) is 0 Å². The number of ether oxygens (including phenoxy) is 1. The molecule has 0 aliphatic carbocycles. The second-order valence-electron chi connectivity index (χ2n) is 4.65. The summed E-state index contributed by atoms with van der Waals surface area (Å²) in [6.45, 7) is 7.54. The Hall–Kier alpha value is -0.910. The van der Waals surface area contributed by atoms with Gasteiger partial charge >= 0.3 is 6.09 Å².